The van der Waals surface area contributed by atoms with E-state index in [1.54, 1.807) is 24.3 Å². The van der Waals surface area contributed by atoms with Crippen LogP contribution in [0.5, 0.6) is 0 Å². The quantitative estimate of drug-likeness (QED) is 0.498. The van der Waals surface area contributed by atoms with Crippen molar-refractivity contribution in [3.63, 3.8) is 0 Å². The molecule has 0 spiro atoms. The van der Waals surface area contributed by atoms with E-state index in [1.807, 2.05) is 0 Å². The fourth-order valence-electron chi connectivity index (χ4n) is 2.32. The Bertz CT molecular complexity index is 925. The van der Waals surface area contributed by atoms with Crippen molar-refractivity contribution in [2.45, 2.75) is 0 Å². The lowest BCUT2D eigenvalue weighted by molar-refractivity contribution is 0.628. The molecule has 0 unspecified atom stereocenters. The zero-order valence-corrected chi connectivity index (χ0v) is 13.2. The first kappa shape index (κ1) is 15.9. The maximum Gasteiger partial charge on any atom is 0.142 e. The predicted octanol–water partition coefficient (Wildman–Crippen LogP) is 3.77. The number of nitrogens with zero attached hydrogens (tertiary/aromatic N) is 2. The van der Waals surface area contributed by atoms with E-state index in [0.29, 0.717) is 38.8 Å². The van der Waals surface area contributed by atoms with Gasteiger partial charge in [-0.2, -0.15) is 0 Å². The van der Waals surface area contributed by atoms with Crippen molar-refractivity contribution >= 4 is 29.3 Å². The second kappa shape index (κ2) is 6.25. The fraction of sp³-hybridized carbons (Fsp3) is 0. The Morgan fingerprint density at radius 2 is 1.75 bits per heavy atom. The molecule has 0 aliphatic heterocycles. The van der Waals surface area contributed by atoms with Gasteiger partial charge in [0.15, 0.2) is 0 Å². The number of aromatic nitrogens is 2. The normalized spacial score (nSPS) is 10.6. The van der Waals surface area contributed by atoms with Crippen LogP contribution in [0.15, 0.2) is 42.6 Å². The van der Waals surface area contributed by atoms with Crippen LogP contribution in [0.2, 0.25) is 5.02 Å². The number of rotatable bonds is 3. The van der Waals surface area contributed by atoms with Crippen molar-refractivity contribution in [3.05, 3.63) is 59.0 Å². The van der Waals surface area contributed by atoms with Crippen molar-refractivity contribution in [1.82, 2.24) is 9.97 Å². The molecule has 0 aliphatic carbocycles. The van der Waals surface area contributed by atoms with E-state index in [0.717, 1.165) is 6.21 Å². The average Bonchev–Trinajstić information content (AvgIpc) is 2.58. The number of nitrogen functional groups attached to an aromatic ring is 2. The molecule has 0 amide bonds. The fourth-order valence-corrected chi connectivity index (χ4v) is 2.54. The SMILES string of the molecule is N=Cc1cc(-c2ncc(N)nc2-c2ccc(F)cc2)cc(Cl)c1N. The van der Waals surface area contributed by atoms with Crippen LogP contribution in [-0.2, 0) is 0 Å². The molecule has 0 bridgehead atoms. The van der Waals surface area contributed by atoms with Crippen molar-refractivity contribution < 1.29 is 4.39 Å². The molecule has 1 aromatic heterocycles. The highest BCUT2D eigenvalue weighted by molar-refractivity contribution is 6.34. The van der Waals surface area contributed by atoms with Crippen molar-refractivity contribution in [2.75, 3.05) is 11.5 Å². The van der Waals surface area contributed by atoms with Gasteiger partial charge in [-0.1, -0.05) is 11.6 Å². The van der Waals surface area contributed by atoms with Crippen molar-refractivity contribution in [3.8, 4) is 22.5 Å². The van der Waals surface area contributed by atoms with Crippen LogP contribution in [0, 0.1) is 11.2 Å². The largest absolute Gasteiger partial charge is 0.397 e. The first-order chi connectivity index (χ1) is 11.5. The summed E-state index contributed by atoms with van der Waals surface area (Å²) in [7, 11) is 0. The highest BCUT2D eigenvalue weighted by Gasteiger charge is 2.14. The van der Waals surface area contributed by atoms with Gasteiger partial charge in [0.05, 0.1) is 28.3 Å². The van der Waals surface area contributed by atoms with Gasteiger partial charge in [0.2, 0.25) is 0 Å². The average molecular weight is 342 g/mol. The van der Waals surface area contributed by atoms with Gasteiger partial charge in [0.1, 0.15) is 11.6 Å². The molecule has 0 saturated carbocycles. The van der Waals surface area contributed by atoms with Gasteiger partial charge in [-0.25, -0.2) is 9.37 Å². The van der Waals surface area contributed by atoms with Crippen LogP contribution in [0.25, 0.3) is 22.5 Å². The Morgan fingerprint density at radius 3 is 2.42 bits per heavy atom. The molecule has 3 rings (SSSR count). The van der Waals surface area contributed by atoms with Crippen LogP contribution in [0.1, 0.15) is 5.56 Å². The summed E-state index contributed by atoms with van der Waals surface area (Å²) < 4.78 is 13.2. The molecule has 7 heteroatoms. The van der Waals surface area contributed by atoms with Gasteiger partial charge in [0, 0.05) is 22.9 Å². The number of hydrogen-bond acceptors (Lipinski definition) is 5. The minimum absolute atomic E-state index is 0.242. The van der Waals surface area contributed by atoms with Gasteiger partial charge >= 0.3 is 0 Å². The van der Waals surface area contributed by atoms with Crippen molar-refractivity contribution in [1.29, 1.82) is 5.41 Å². The lowest BCUT2D eigenvalue weighted by atomic mass is 10.0. The Morgan fingerprint density at radius 1 is 1.04 bits per heavy atom. The van der Waals surface area contributed by atoms with Crippen LogP contribution in [-0.4, -0.2) is 16.2 Å². The van der Waals surface area contributed by atoms with Gasteiger partial charge in [-0.15, -0.1) is 0 Å². The van der Waals surface area contributed by atoms with E-state index in [9.17, 15) is 4.39 Å². The number of hydrogen-bond donors (Lipinski definition) is 3. The summed E-state index contributed by atoms with van der Waals surface area (Å²) in [6, 6.07) is 9.21. The Kier molecular flexibility index (Phi) is 4.14. The molecule has 0 aliphatic rings. The van der Waals surface area contributed by atoms with Crippen LogP contribution >= 0.6 is 11.6 Å². The third-order valence-corrected chi connectivity index (χ3v) is 3.81. The minimum atomic E-state index is -0.348. The molecule has 3 aromatic rings. The lowest BCUT2D eigenvalue weighted by Crippen LogP contribution is -2.00. The Hall–Kier alpha value is -2.99. The summed E-state index contributed by atoms with van der Waals surface area (Å²) in [5.74, 6) is -0.106. The van der Waals surface area contributed by atoms with E-state index in [2.05, 4.69) is 9.97 Å². The Balaban J connectivity index is 2.24. The number of benzene rings is 2. The number of nitrogens with one attached hydrogen (secondary N) is 1. The third kappa shape index (κ3) is 2.91. The monoisotopic (exact) mass is 341 g/mol. The summed E-state index contributed by atoms with van der Waals surface area (Å²) in [5, 5.41) is 7.77. The zero-order valence-electron chi connectivity index (χ0n) is 12.4. The van der Waals surface area contributed by atoms with Gasteiger partial charge < -0.3 is 16.9 Å². The van der Waals surface area contributed by atoms with E-state index >= 15 is 0 Å². The smallest absolute Gasteiger partial charge is 0.142 e. The molecule has 2 aromatic carbocycles. The lowest BCUT2D eigenvalue weighted by Gasteiger charge is -2.11. The van der Waals surface area contributed by atoms with Gasteiger partial charge in [-0.05, 0) is 36.4 Å². The number of nitrogens with two attached hydrogens (primary N) is 2. The molecule has 0 fully saturated rings. The number of anilines is 2. The highest BCUT2D eigenvalue weighted by Crippen LogP contribution is 2.34. The summed E-state index contributed by atoms with van der Waals surface area (Å²) in [4.78, 5) is 8.66. The molecule has 0 atom stereocenters. The van der Waals surface area contributed by atoms with E-state index < -0.39 is 0 Å². The van der Waals surface area contributed by atoms with E-state index in [1.165, 1.54) is 18.3 Å². The maximum atomic E-state index is 13.2. The zero-order chi connectivity index (χ0) is 17.3. The first-order valence-electron chi connectivity index (χ1n) is 6.98. The van der Waals surface area contributed by atoms with Crippen LogP contribution in [0.4, 0.5) is 15.9 Å². The number of halogens is 2. The van der Waals surface area contributed by atoms with Crippen molar-refractivity contribution in [2.24, 2.45) is 0 Å². The predicted molar refractivity (Wildman–Crippen MR) is 94.6 cm³/mol. The Labute approximate surface area is 142 Å². The second-order valence-electron chi connectivity index (χ2n) is 5.10. The van der Waals surface area contributed by atoms with E-state index in [4.69, 9.17) is 28.5 Å². The highest BCUT2D eigenvalue weighted by atomic mass is 35.5. The van der Waals surface area contributed by atoms with Crippen LogP contribution < -0.4 is 11.5 Å². The topological polar surface area (TPSA) is 102 Å². The molecular formula is C17H13ClFN5. The molecular weight excluding hydrogens is 329 g/mol. The van der Waals surface area contributed by atoms with Gasteiger partial charge in [-0.3, -0.25) is 4.98 Å². The molecule has 5 nitrogen and oxygen atoms in total. The summed E-state index contributed by atoms with van der Waals surface area (Å²) >= 11 is 6.15. The van der Waals surface area contributed by atoms with Gasteiger partial charge in [0.25, 0.3) is 0 Å². The maximum absolute atomic E-state index is 13.2. The summed E-state index contributed by atoms with van der Waals surface area (Å²) in [6.45, 7) is 0. The first-order valence-corrected chi connectivity index (χ1v) is 7.35. The molecule has 0 saturated heterocycles. The standard InChI is InChI=1S/C17H13ClFN5/c18-13-6-10(5-11(7-20)15(13)22)16-17(24-14(21)8-23-16)9-1-3-12(19)4-2-9/h1-8,20H,22H2,(H2,21,24). The van der Waals surface area contributed by atoms with E-state index in [-0.39, 0.29) is 11.6 Å². The third-order valence-electron chi connectivity index (χ3n) is 3.50. The minimum Gasteiger partial charge on any atom is -0.397 e. The summed E-state index contributed by atoms with van der Waals surface area (Å²) in [5.41, 5.74) is 14.7. The molecule has 5 N–H and O–H groups in total. The molecule has 0 radical (unpaired) electrons. The summed E-state index contributed by atoms with van der Waals surface area (Å²) in [6.07, 6.45) is 2.55. The molecule has 1 heterocycles. The molecule has 120 valence electrons. The molecule has 24 heavy (non-hydrogen) atoms. The van der Waals surface area contributed by atoms with Crippen LogP contribution in [0.3, 0.4) is 0 Å². The second-order valence-corrected chi connectivity index (χ2v) is 5.51.